The highest BCUT2D eigenvalue weighted by Gasteiger charge is 2.23. The van der Waals surface area contributed by atoms with Crippen molar-refractivity contribution in [2.24, 2.45) is 28.6 Å². The molecule has 31 nitrogen and oxygen atoms in total. The molecule has 0 radical (unpaired) electrons. The van der Waals surface area contributed by atoms with Gasteiger partial charge in [-0.2, -0.15) is 25.2 Å². The smallest absolute Gasteiger partial charge is 0.508 e. The second-order valence-electron chi connectivity index (χ2n) is 25.6. The number of aromatic nitrogens is 8. The number of carbonyl (C=O) groups excluding carboxylic acids is 5. The fraction of sp³-hybridized carbons (Fsp3) is 0.159. The third-order valence-electron chi connectivity index (χ3n) is 15.0. The van der Waals surface area contributed by atoms with Gasteiger partial charge in [-0.3, -0.25) is 9.59 Å². The van der Waals surface area contributed by atoms with Crippen molar-refractivity contribution in [2.75, 3.05) is 26.9 Å². The van der Waals surface area contributed by atoms with Crippen LogP contribution in [-0.2, 0) is 14.2 Å². The fourth-order valence-electron chi connectivity index (χ4n) is 9.21. The van der Waals surface area contributed by atoms with E-state index in [1.807, 2.05) is 41.5 Å². The van der Waals surface area contributed by atoms with E-state index in [9.17, 15) is 60.5 Å². The van der Waals surface area contributed by atoms with E-state index < -0.39 is 63.1 Å². The standard InChI is InChI=1S/C32H28F2N4O8.C22H12F2N4O4.C8H4Cl2O2.C7H7FN2O2.C7H4FNO.C5H9ClO2.CH4O/c1-17(2)15-41-31(39)43-21-9-11-23(25(33)13-21)27-35-29(45-37-27)19-5-7-20(8-6-19)30-36-28(38-46-30)24-12-10-22(14-26(24)34)44-32(40)42-16-18(3)4;23-17-9-13(29)5-7-15(17)19-25-21(31-27-19)11-1-2-12(4-3-11)22-26-20(28-32-22)16-8-6-14(30)10-18(16)24;9-7(11)5-1-2-6(4-3-5)8(10)12;8-6-3-4(11)1-2-5(6)7(9)10-12;8-7-3-6(10)2-1-5(7)4-9;1-4(2)3-8-5(6)7;1-2/h5-14,17-18H,15-16H2,1-4H3;1-10,29-30H;1-4H;1-3,11-12H,(H2,9,10);1-3,10H;4H,3H2,1-2H3;2H,1H3. The Morgan fingerprint density at radius 3 is 0.967 bits per heavy atom. The largest absolute Gasteiger partial charge is 0.513 e. The molecule has 13 rings (SSSR count). The lowest BCUT2D eigenvalue weighted by Gasteiger charge is -2.08. The molecule has 40 heteroatoms. The van der Waals surface area contributed by atoms with Gasteiger partial charge >= 0.3 is 17.7 Å². The summed E-state index contributed by atoms with van der Waals surface area (Å²) in [6.07, 6.45) is -1.87. The zero-order chi connectivity index (χ0) is 89.4. The molecule has 0 spiro atoms. The lowest BCUT2D eigenvalue weighted by Crippen LogP contribution is -2.14. The predicted octanol–water partition coefficient (Wildman–Crippen LogP) is 18.7. The van der Waals surface area contributed by atoms with Gasteiger partial charge in [-0.15, -0.1) is 0 Å². The second kappa shape index (κ2) is 45.8. The number of nitrogens with two attached hydrogens (primary N) is 1. The molecule has 122 heavy (non-hydrogen) atoms. The number of phenolic OH excluding ortho intramolecular Hbond substituents is 4. The Labute approximate surface area is 702 Å². The van der Waals surface area contributed by atoms with E-state index in [2.05, 4.69) is 50.5 Å². The summed E-state index contributed by atoms with van der Waals surface area (Å²) in [6, 6.07) is 42.3. The maximum absolute atomic E-state index is 14.8. The summed E-state index contributed by atoms with van der Waals surface area (Å²) < 4.78 is 128. The number of ether oxygens (including phenoxy) is 5. The summed E-state index contributed by atoms with van der Waals surface area (Å²) in [5.41, 5.74) is 7.40. The van der Waals surface area contributed by atoms with Crippen LogP contribution >= 0.6 is 34.8 Å². The molecule has 0 saturated heterocycles. The van der Waals surface area contributed by atoms with Gasteiger partial charge in [0.05, 0.1) is 53.2 Å². The molecule has 4 aromatic heterocycles. The summed E-state index contributed by atoms with van der Waals surface area (Å²) in [5.74, 6) is -4.21. The van der Waals surface area contributed by atoms with Crippen molar-refractivity contribution in [1.82, 2.24) is 40.6 Å². The highest BCUT2D eigenvalue weighted by Crippen LogP contribution is 2.34. The molecule has 634 valence electrons. The Morgan fingerprint density at radius 1 is 0.418 bits per heavy atom. The molecule has 0 bridgehead atoms. The van der Waals surface area contributed by atoms with Crippen LogP contribution in [0.15, 0.2) is 205 Å². The SMILES string of the molecule is CC(C)COC(=O)Cl.CC(C)COC(=O)Oc1ccc(-c2noc(-c3ccc(-c4nc(-c5ccc(OC(=O)OCC(C)C)cc5F)no4)cc3)n2)c(F)c1.CO.N#Cc1ccc(O)cc1F.N/C(=N/O)c1ccc(O)cc1F.O=C(Cl)c1ccc(C(=O)Cl)cc1.Oc1ccc(-c2noc(-c3ccc(-c4nc(-c5ccc(O)cc5F)no4)cc3)n2)c(F)c1. The van der Waals surface area contributed by atoms with Gasteiger partial charge in [-0.05, 0) is 187 Å². The minimum atomic E-state index is -0.934. The summed E-state index contributed by atoms with van der Waals surface area (Å²) in [4.78, 5) is 71.5. The zero-order valence-electron chi connectivity index (χ0n) is 64.5. The fourth-order valence-corrected chi connectivity index (χ4v) is 9.52. The van der Waals surface area contributed by atoms with E-state index in [4.69, 9.17) is 103 Å². The number of aliphatic hydroxyl groups is 1. The van der Waals surface area contributed by atoms with Crippen molar-refractivity contribution in [1.29, 1.82) is 5.26 Å². The van der Waals surface area contributed by atoms with Gasteiger partial charge in [0.25, 0.3) is 34.0 Å². The lowest BCUT2D eigenvalue weighted by atomic mass is 10.1. The maximum Gasteiger partial charge on any atom is 0.513 e. The highest BCUT2D eigenvalue weighted by molar-refractivity contribution is 6.68. The van der Waals surface area contributed by atoms with Gasteiger partial charge in [0, 0.05) is 88.5 Å². The van der Waals surface area contributed by atoms with Gasteiger partial charge < -0.3 is 78.3 Å². The van der Waals surface area contributed by atoms with Crippen molar-refractivity contribution in [3.05, 3.63) is 239 Å². The lowest BCUT2D eigenvalue weighted by molar-refractivity contribution is 0.0876. The molecule has 0 atom stereocenters. The number of nitrogens with zero attached hydrogens (tertiary/aromatic N) is 10. The van der Waals surface area contributed by atoms with Gasteiger partial charge in [0.2, 0.25) is 23.3 Å². The first-order valence-corrected chi connectivity index (χ1v) is 36.2. The first-order valence-electron chi connectivity index (χ1n) is 35.1. The van der Waals surface area contributed by atoms with Gasteiger partial charge in [-0.25, -0.2) is 40.7 Å². The third kappa shape index (κ3) is 28.5. The number of benzene rings is 9. The summed E-state index contributed by atoms with van der Waals surface area (Å²) in [7, 11) is 1.00. The van der Waals surface area contributed by atoms with Crippen molar-refractivity contribution < 1.29 is 123 Å². The number of aromatic hydroxyl groups is 4. The number of halogens is 9. The summed E-state index contributed by atoms with van der Waals surface area (Å²) in [5, 5.41) is 76.4. The number of hydrogen-bond acceptors (Lipinski definition) is 30. The molecule has 13 aromatic rings. The van der Waals surface area contributed by atoms with Crippen LogP contribution in [0.4, 0.5) is 40.7 Å². The van der Waals surface area contributed by atoms with E-state index in [-0.39, 0.29) is 146 Å². The number of amidine groups is 1. The number of phenols is 4. The topological polar surface area (TPSA) is 471 Å². The number of nitriles is 1. The number of aliphatic hydroxyl groups excluding tert-OH is 1. The normalized spacial score (nSPS) is 10.6. The maximum atomic E-state index is 14.8. The Kier molecular flexibility index (Phi) is 35.5. The van der Waals surface area contributed by atoms with Gasteiger partial charge in [-0.1, -0.05) is 67.3 Å². The van der Waals surface area contributed by atoms with E-state index in [1.54, 1.807) is 54.6 Å². The van der Waals surface area contributed by atoms with E-state index in [1.165, 1.54) is 97.1 Å². The Balaban J connectivity index is 0.000000230. The molecule has 0 saturated carbocycles. The van der Waals surface area contributed by atoms with Crippen molar-refractivity contribution in [3.63, 3.8) is 0 Å². The first kappa shape index (κ1) is 94.4. The van der Waals surface area contributed by atoms with E-state index in [0.29, 0.717) is 45.9 Å². The quantitative estimate of drug-likeness (QED) is 0.00455. The van der Waals surface area contributed by atoms with Crippen LogP contribution in [0, 0.1) is 64.0 Å². The zero-order valence-corrected chi connectivity index (χ0v) is 66.8. The molecule has 8 N–H and O–H groups in total. The number of hydrogen-bond donors (Lipinski definition) is 7. The molecule has 0 amide bonds. The van der Waals surface area contributed by atoms with Crippen LogP contribution in [-0.4, -0.2) is 132 Å². The molecule has 0 aliphatic carbocycles. The van der Waals surface area contributed by atoms with Crippen LogP contribution in [0.5, 0.6) is 34.5 Å². The monoisotopic (exact) mass is 1750 g/mol. The molecule has 4 heterocycles. The van der Waals surface area contributed by atoms with Crippen LogP contribution in [0.25, 0.3) is 91.4 Å². The molecule has 0 unspecified atom stereocenters. The number of rotatable bonds is 19. The Bertz CT molecular complexity index is 5540. The molecular formula is C82H68Cl3F6N11O20. The average Bonchev–Trinajstić information content (AvgIpc) is 1.67. The molecular weight excluding hydrogens is 1680 g/mol. The van der Waals surface area contributed by atoms with Crippen molar-refractivity contribution in [2.45, 2.75) is 41.5 Å². The number of carbonyl (C=O) groups is 5. The Morgan fingerprint density at radius 2 is 0.705 bits per heavy atom. The highest BCUT2D eigenvalue weighted by atomic mass is 35.5. The van der Waals surface area contributed by atoms with Gasteiger partial charge in [0.15, 0.2) is 5.84 Å². The van der Waals surface area contributed by atoms with Crippen LogP contribution in [0.2, 0.25) is 0 Å². The minimum Gasteiger partial charge on any atom is -0.508 e. The Hall–Kier alpha value is -14.7. The molecule has 0 fully saturated rings. The summed E-state index contributed by atoms with van der Waals surface area (Å²) in [6.45, 7) is 12.1. The minimum absolute atomic E-state index is 0.0158. The third-order valence-corrected chi connectivity index (χ3v) is 15.5. The van der Waals surface area contributed by atoms with Crippen LogP contribution in [0.1, 0.15) is 73.4 Å². The second-order valence-corrected chi connectivity index (χ2v) is 26.6. The molecule has 9 aromatic carbocycles. The average molecular weight is 1750 g/mol. The first-order chi connectivity index (χ1) is 58.1. The van der Waals surface area contributed by atoms with Crippen molar-refractivity contribution in [3.8, 4) is 132 Å². The van der Waals surface area contributed by atoms with E-state index in [0.717, 1.165) is 43.5 Å². The molecule has 0 aliphatic rings. The number of oxime groups is 1. The van der Waals surface area contributed by atoms with E-state index >= 15 is 0 Å². The van der Waals surface area contributed by atoms with Crippen LogP contribution in [0.3, 0.4) is 0 Å². The molecule has 0 aliphatic heterocycles. The van der Waals surface area contributed by atoms with Crippen molar-refractivity contribution >= 4 is 68.9 Å². The van der Waals surface area contributed by atoms with Crippen LogP contribution < -0.4 is 15.2 Å². The summed E-state index contributed by atoms with van der Waals surface area (Å²) >= 11 is 15.2. The predicted molar refractivity (Wildman–Crippen MR) is 425 cm³/mol. The van der Waals surface area contributed by atoms with Gasteiger partial charge in [0.1, 0.15) is 75.5 Å².